The molecule has 286 valence electrons. The number of aromatic nitrogens is 4. The summed E-state index contributed by atoms with van der Waals surface area (Å²) in [5.41, 5.74) is 5.46. The minimum Gasteiger partial charge on any atom is -0.453 e. The third kappa shape index (κ3) is 8.09. The lowest BCUT2D eigenvalue weighted by atomic mass is 10.0. The number of ether oxygens (including phenoxy) is 2. The summed E-state index contributed by atoms with van der Waals surface area (Å²) in [7, 11) is 2.40. The second-order valence-electron chi connectivity index (χ2n) is 13.6. The fraction of sp³-hybridized carbons (Fsp3) is 0.421. The number of nitrogens with zero attached hydrogens (tertiary/aromatic N) is 4. The molecule has 0 spiro atoms. The summed E-state index contributed by atoms with van der Waals surface area (Å²) >= 11 is 0. The standard InChI is InChI=1S/C38H46N8O8/c1-21(47)31(43-37(51)53-3)35(49)45-17-5-7-29(45)33-39-19-27(41-33)25-13-9-23(10-14-25)24-11-15-26(16-12-24)28-20-40-34(42-28)30-8-6-18-46(30)36(50)32(22(2)48)44-38(52)54-4/h9-16,19-22,29-32,47-48H,5-8,17-18H2,1-4H3,(H,39,41)(H,40,42)(H,43,51)(H,44,52)/t21-,22+,29-,30-,31-,32-/m0/s1. The van der Waals surface area contributed by atoms with Crippen molar-refractivity contribution in [1.29, 1.82) is 0 Å². The second kappa shape index (κ2) is 16.5. The van der Waals surface area contributed by atoms with Gasteiger partial charge in [-0.15, -0.1) is 0 Å². The predicted octanol–water partition coefficient (Wildman–Crippen LogP) is 3.67. The predicted molar refractivity (Wildman–Crippen MR) is 196 cm³/mol. The van der Waals surface area contributed by atoms with Gasteiger partial charge in [-0.1, -0.05) is 48.5 Å². The van der Waals surface area contributed by atoms with Crippen LogP contribution in [-0.2, 0) is 19.1 Å². The summed E-state index contributed by atoms with van der Waals surface area (Å²) < 4.78 is 9.27. The minimum absolute atomic E-state index is 0.326. The first-order valence-corrected chi connectivity index (χ1v) is 18.0. The van der Waals surface area contributed by atoms with Crippen LogP contribution in [0.3, 0.4) is 0 Å². The van der Waals surface area contributed by atoms with Crippen LogP contribution in [0.1, 0.15) is 63.3 Å². The van der Waals surface area contributed by atoms with Gasteiger partial charge in [0.25, 0.3) is 0 Å². The first-order valence-electron chi connectivity index (χ1n) is 18.0. The first kappa shape index (κ1) is 38.0. The third-order valence-electron chi connectivity index (χ3n) is 10.0. The number of imidazole rings is 2. The van der Waals surface area contributed by atoms with Crippen LogP contribution in [0.25, 0.3) is 33.6 Å². The Bertz CT molecular complexity index is 1800. The highest BCUT2D eigenvalue weighted by Gasteiger charge is 2.39. The van der Waals surface area contributed by atoms with Crippen molar-refractivity contribution in [1.82, 2.24) is 40.4 Å². The molecule has 0 radical (unpaired) electrons. The molecule has 6 atom stereocenters. The largest absolute Gasteiger partial charge is 0.453 e. The number of hydrogen-bond acceptors (Lipinski definition) is 10. The number of methoxy groups -OCH3 is 2. The van der Waals surface area contributed by atoms with Crippen LogP contribution < -0.4 is 10.6 Å². The zero-order valence-electron chi connectivity index (χ0n) is 30.6. The van der Waals surface area contributed by atoms with E-state index in [0.29, 0.717) is 37.6 Å². The highest BCUT2D eigenvalue weighted by molar-refractivity contribution is 5.87. The van der Waals surface area contributed by atoms with Crippen molar-refractivity contribution < 1.29 is 38.9 Å². The van der Waals surface area contributed by atoms with Gasteiger partial charge in [-0.2, -0.15) is 0 Å². The van der Waals surface area contributed by atoms with Crippen molar-refractivity contribution >= 4 is 24.0 Å². The van der Waals surface area contributed by atoms with Gasteiger partial charge in [0.05, 0.1) is 62.3 Å². The van der Waals surface area contributed by atoms with E-state index < -0.39 is 48.3 Å². The van der Waals surface area contributed by atoms with Crippen molar-refractivity contribution in [3.8, 4) is 33.6 Å². The maximum Gasteiger partial charge on any atom is 0.407 e. The molecule has 6 rings (SSSR count). The molecule has 2 aromatic carbocycles. The van der Waals surface area contributed by atoms with Crippen LogP contribution in [0.15, 0.2) is 60.9 Å². The average Bonchev–Trinajstić information content (AvgIpc) is 4.02. The number of amides is 4. The first-order chi connectivity index (χ1) is 26.0. The highest BCUT2D eigenvalue weighted by Crippen LogP contribution is 2.35. The number of likely N-dealkylation sites (tertiary alicyclic amines) is 2. The minimum atomic E-state index is -1.14. The number of hydrogen-bond donors (Lipinski definition) is 6. The lowest BCUT2D eigenvalue weighted by Gasteiger charge is -2.29. The van der Waals surface area contributed by atoms with Gasteiger partial charge < -0.3 is 50.1 Å². The molecule has 2 saturated heterocycles. The number of carbonyl (C=O) groups is 4. The third-order valence-corrected chi connectivity index (χ3v) is 10.0. The van der Waals surface area contributed by atoms with E-state index in [1.54, 1.807) is 22.2 Å². The van der Waals surface area contributed by atoms with Gasteiger partial charge in [0.2, 0.25) is 11.8 Å². The topological polar surface area (TPSA) is 215 Å². The van der Waals surface area contributed by atoms with Crippen LogP contribution in [0.5, 0.6) is 0 Å². The van der Waals surface area contributed by atoms with Gasteiger partial charge in [-0.3, -0.25) is 9.59 Å². The Hall–Kier alpha value is -5.74. The second-order valence-corrected chi connectivity index (χ2v) is 13.6. The van der Waals surface area contributed by atoms with Crippen molar-refractivity contribution in [3.05, 3.63) is 72.6 Å². The molecular weight excluding hydrogens is 696 g/mol. The molecular formula is C38H46N8O8. The Balaban J connectivity index is 1.11. The number of aliphatic hydroxyl groups is 2. The van der Waals surface area contributed by atoms with Crippen LogP contribution in [-0.4, -0.2) is 116 Å². The van der Waals surface area contributed by atoms with Crippen LogP contribution in [0.2, 0.25) is 0 Å². The summed E-state index contributed by atoms with van der Waals surface area (Å²) in [4.78, 5) is 69.5. The molecule has 6 N–H and O–H groups in total. The molecule has 4 amide bonds. The Morgan fingerprint density at radius 2 is 1.02 bits per heavy atom. The van der Waals surface area contributed by atoms with Gasteiger partial charge >= 0.3 is 12.2 Å². The quantitative estimate of drug-likeness (QED) is 0.131. The maximum absolute atomic E-state index is 13.4. The summed E-state index contributed by atoms with van der Waals surface area (Å²) in [6.45, 7) is 3.85. The molecule has 0 unspecified atom stereocenters. The number of aromatic amines is 2. The van der Waals surface area contributed by atoms with E-state index in [4.69, 9.17) is 0 Å². The number of aliphatic hydroxyl groups excluding tert-OH is 2. The zero-order valence-corrected chi connectivity index (χ0v) is 30.6. The molecule has 16 nitrogen and oxygen atoms in total. The van der Waals surface area contributed by atoms with Gasteiger partial charge in [0.1, 0.15) is 23.7 Å². The lowest BCUT2D eigenvalue weighted by molar-refractivity contribution is -0.137. The Kier molecular flexibility index (Phi) is 11.6. The van der Waals surface area contributed by atoms with E-state index in [9.17, 15) is 29.4 Å². The molecule has 54 heavy (non-hydrogen) atoms. The molecule has 2 aliphatic heterocycles. The molecule has 4 aromatic rings. The van der Waals surface area contributed by atoms with Gasteiger partial charge in [-0.05, 0) is 61.8 Å². The van der Waals surface area contributed by atoms with Crippen LogP contribution in [0.4, 0.5) is 9.59 Å². The summed E-state index contributed by atoms with van der Waals surface area (Å²) in [6, 6.07) is 13.2. The fourth-order valence-electron chi connectivity index (χ4n) is 7.13. The monoisotopic (exact) mass is 742 g/mol. The molecule has 0 saturated carbocycles. The Morgan fingerprint density at radius 1 is 0.667 bits per heavy atom. The number of carbonyl (C=O) groups excluding carboxylic acids is 4. The van der Waals surface area contributed by atoms with E-state index in [2.05, 4.69) is 40.0 Å². The van der Waals surface area contributed by atoms with E-state index in [-0.39, 0.29) is 12.1 Å². The summed E-state index contributed by atoms with van der Waals surface area (Å²) in [6.07, 6.45) is 2.58. The lowest BCUT2D eigenvalue weighted by Crippen LogP contribution is -2.53. The summed E-state index contributed by atoms with van der Waals surface area (Å²) in [5, 5.41) is 25.3. The van der Waals surface area contributed by atoms with Gasteiger partial charge in [-0.25, -0.2) is 19.6 Å². The molecule has 2 aliphatic rings. The number of H-pyrrole nitrogens is 2. The Labute approximate surface area is 312 Å². The van der Waals surface area contributed by atoms with E-state index in [1.807, 2.05) is 48.5 Å². The molecule has 16 heteroatoms. The fourth-order valence-corrected chi connectivity index (χ4v) is 7.13. The van der Waals surface area contributed by atoms with E-state index in [0.717, 1.165) is 46.5 Å². The maximum atomic E-state index is 13.4. The van der Waals surface area contributed by atoms with Crippen molar-refractivity contribution in [2.75, 3.05) is 27.3 Å². The van der Waals surface area contributed by atoms with Crippen molar-refractivity contribution in [2.24, 2.45) is 0 Å². The van der Waals surface area contributed by atoms with Crippen LogP contribution in [0, 0.1) is 0 Å². The van der Waals surface area contributed by atoms with Crippen molar-refractivity contribution in [2.45, 2.75) is 75.9 Å². The van der Waals surface area contributed by atoms with E-state index >= 15 is 0 Å². The molecule has 2 fully saturated rings. The molecule has 0 aliphatic carbocycles. The number of nitrogens with one attached hydrogen (secondary N) is 4. The van der Waals surface area contributed by atoms with Gasteiger partial charge in [0.15, 0.2) is 0 Å². The number of alkyl carbamates (subject to hydrolysis) is 2. The average molecular weight is 743 g/mol. The molecule has 2 aromatic heterocycles. The number of benzene rings is 2. The molecule has 4 heterocycles. The zero-order chi connectivity index (χ0) is 38.5. The van der Waals surface area contributed by atoms with Crippen molar-refractivity contribution in [3.63, 3.8) is 0 Å². The SMILES string of the molecule is COC(=O)N[C@H](C(=O)N1CCC[C@H]1c1ncc(-c2ccc(-c3ccc(-c4cnc([C@@H]5CCCN5C(=O)[C@@H](NC(=O)OC)[C@@H](C)O)[nH]4)cc3)cc2)[nH]1)[C@H](C)O. The Morgan fingerprint density at radius 3 is 1.35 bits per heavy atom. The number of rotatable bonds is 11. The smallest absolute Gasteiger partial charge is 0.407 e. The highest BCUT2D eigenvalue weighted by atomic mass is 16.5. The molecule has 0 bridgehead atoms. The van der Waals surface area contributed by atoms with Gasteiger partial charge in [0, 0.05) is 13.1 Å². The van der Waals surface area contributed by atoms with E-state index in [1.165, 1.54) is 28.1 Å². The summed E-state index contributed by atoms with van der Waals surface area (Å²) in [5.74, 6) is 0.465. The normalized spacial score (nSPS) is 19.1. The van der Waals surface area contributed by atoms with Crippen LogP contribution >= 0.6 is 0 Å².